The van der Waals surface area contributed by atoms with Gasteiger partial charge in [0.15, 0.2) is 5.96 Å². The molecule has 0 aliphatic carbocycles. The molecule has 0 amide bonds. The number of aliphatic imine (C=N–C) groups is 1. The van der Waals surface area contributed by atoms with Gasteiger partial charge in [-0.2, -0.15) is 11.8 Å². The standard InChI is InChI=1S/C17H27FN4O2S2/c1-3-19-17(21-12-15-5-4-9-25-15)20-8-10-26(23,24)22-14-7-6-13(2)16(18)11-14/h6-7,11,15,22H,3-5,8-10,12H2,1-2H3,(H2,19,20,21). The molecule has 9 heteroatoms. The predicted molar refractivity (Wildman–Crippen MR) is 108 cm³/mol. The summed E-state index contributed by atoms with van der Waals surface area (Å²) in [7, 11) is -3.57. The topological polar surface area (TPSA) is 82.6 Å². The molecule has 1 aromatic rings. The van der Waals surface area contributed by atoms with Crippen molar-refractivity contribution in [1.29, 1.82) is 0 Å². The van der Waals surface area contributed by atoms with Crippen LogP contribution < -0.4 is 15.4 Å². The Morgan fingerprint density at radius 3 is 2.85 bits per heavy atom. The van der Waals surface area contributed by atoms with Crippen LogP contribution in [0.2, 0.25) is 0 Å². The van der Waals surface area contributed by atoms with Crippen LogP contribution in [0, 0.1) is 12.7 Å². The molecule has 0 radical (unpaired) electrons. The third-order valence-corrected chi connectivity index (χ3v) is 6.60. The average molecular weight is 403 g/mol. The summed E-state index contributed by atoms with van der Waals surface area (Å²) in [6, 6.07) is 4.28. The molecule has 1 atom stereocenters. The molecule has 146 valence electrons. The molecule has 6 nitrogen and oxygen atoms in total. The van der Waals surface area contributed by atoms with Crippen LogP contribution in [0.4, 0.5) is 10.1 Å². The van der Waals surface area contributed by atoms with Crippen molar-refractivity contribution < 1.29 is 12.8 Å². The van der Waals surface area contributed by atoms with Crippen molar-refractivity contribution in [3.8, 4) is 0 Å². The summed E-state index contributed by atoms with van der Waals surface area (Å²) in [6.07, 6.45) is 2.41. The summed E-state index contributed by atoms with van der Waals surface area (Å²) >= 11 is 1.93. The summed E-state index contributed by atoms with van der Waals surface area (Å²) < 4.78 is 40.3. The maximum atomic E-state index is 13.5. The number of hydrogen-bond acceptors (Lipinski definition) is 4. The molecule has 1 fully saturated rings. The zero-order valence-corrected chi connectivity index (χ0v) is 16.9. The molecule has 26 heavy (non-hydrogen) atoms. The largest absolute Gasteiger partial charge is 0.357 e. The van der Waals surface area contributed by atoms with E-state index in [0.29, 0.717) is 23.3 Å². The number of nitrogens with one attached hydrogen (secondary N) is 3. The molecule has 1 unspecified atom stereocenters. The maximum Gasteiger partial charge on any atom is 0.234 e. The highest BCUT2D eigenvalue weighted by atomic mass is 32.2. The van der Waals surface area contributed by atoms with E-state index in [2.05, 4.69) is 20.3 Å². The van der Waals surface area contributed by atoms with Crippen LogP contribution in [-0.2, 0) is 10.0 Å². The molecule has 1 heterocycles. The van der Waals surface area contributed by atoms with E-state index in [-0.39, 0.29) is 18.0 Å². The Labute approximate surface area is 159 Å². The van der Waals surface area contributed by atoms with Gasteiger partial charge in [0.25, 0.3) is 0 Å². The number of guanidine groups is 1. The van der Waals surface area contributed by atoms with E-state index >= 15 is 0 Å². The second kappa shape index (κ2) is 10.0. The minimum absolute atomic E-state index is 0.134. The number of anilines is 1. The second-order valence-corrected chi connectivity index (χ2v) is 9.42. The molecule has 2 rings (SSSR count). The van der Waals surface area contributed by atoms with Crippen LogP contribution in [0.3, 0.4) is 0 Å². The Bertz CT molecular complexity index is 719. The zero-order valence-electron chi connectivity index (χ0n) is 15.2. The number of nitrogens with zero attached hydrogens (tertiary/aromatic N) is 1. The molecule has 1 aromatic carbocycles. The highest BCUT2D eigenvalue weighted by Gasteiger charge is 2.15. The number of sulfonamides is 1. The predicted octanol–water partition coefficient (Wildman–Crippen LogP) is 2.33. The van der Waals surface area contributed by atoms with Crippen LogP contribution >= 0.6 is 11.8 Å². The lowest BCUT2D eigenvalue weighted by Gasteiger charge is -2.13. The van der Waals surface area contributed by atoms with Gasteiger partial charge in [-0.1, -0.05) is 6.07 Å². The first-order valence-corrected chi connectivity index (χ1v) is 11.5. The van der Waals surface area contributed by atoms with Crippen LogP contribution in [0.1, 0.15) is 25.3 Å². The van der Waals surface area contributed by atoms with E-state index < -0.39 is 15.8 Å². The fourth-order valence-electron chi connectivity index (χ4n) is 2.51. The molecular weight excluding hydrogens is 375 g/mol. The summed E-state index contributed by atoms with van der Waals surface area (Å²) in [5.41, 5.74) is 0.702. The normalized spacial score (nSPS) is 18.0. The SMILES string of the molecule is CCNC(=NCC1CCCS1)NCCS(=O)(=O)Nc1ccc(C)c(F)c1. The van der Waals surface area contributed by atoms with Crippen LogP contribution in [0.25, 0.3) is 0 Å². The number of hydrogen-bond donors (Lipinski definition) is 3. The highest BCUT2D eigenvalue weighted by Crippen LogP contribution is 2.26. The lowest BCUT2D eigenvalue weighted by atomic mass is 10.2. The number of benzene rings is 1. The van der Waals surface area contributed by atoms with Crippen molar-refractivity contribution >= 4 is 33.4 Å². The van der Waals surface area contributed by atoms with Gasteiger partial charge in [0, 0.05) is 18.3 Å². The van der Waals surface area contributed by atoms with E-state index in [1.807, 2.05) is 18.7 Å². The summed E-state index contributed by atoms with van der Waals surface area (Å²) in [5, 5.41) is 6.71. The van der Waals surface area contributed by atoms with Crippen LogP contribution in [0.15, 0.2) is 23.2 Å². The quantitative estimate of drug-likeness (QED) is 0.459. The first-order valence-electron chi connectivity index (χ1n) is 8.80. The van der Waals surface area contributed by atoms with E-state index in [0.717, 1.165) is 6.54 Å². The lowest BCUT2D eigenvalue weighted by Crippen LogP contribution is -2.40. The maximum absolute atomic E-state index is 13.5. The highest BCUT2D eigenvalue weighted by molar-refractivity contribution is 8.00. The second-order valence-electron chi connectivity index (χ2n) is 6.17. The Hall–Kier alpha value is -1.48. The molecule has 1 saturated heterocycles. The van der Waals surface area contributed by atoms with E-state index in [1.54, 1.807) is 19.1 Å². The zero-order chi connectivity index (χ0) is 19.0. The summed E-state index contributed by atoms with van der Waals surface area (Å²) in [4.78, 5) is 4.53. The molecule has 1 aliphatic heterocycles. The monoisotopic (exact) mass is 402 g/mol. The minimum atomic E-state index is -3.57. The van der Waals surface area contributed by atoms with Crippen molar-refractivity contribution in [1.82, 2.24) is 10.6 Å². The van der Waals surface area contributed by atoms with Gasteiger partial charge in [0.1, 0.15) is 5.82 Å². The Morgan fingerprint density at radius 2 is 2.19 bits per heavy atom. The van der Waals surface area contributed by atoms with E-state index in [9.17, 15) is 12.8 Å². The number of thioether (sulfide) groups is 1. The van der Waals surface area contributed by atoms with Crippen molar-refractivity contribution in [3.05, 3.63) is 29.6 Å². The first kappa shape index (κ1) is 20.8. The van der Waals surface area contributed by atoms with Gasteiger partial charge in [-0.15, -0.1) is 0 Å². The van der Waals surface area contributed by atoms with Crippen LogP contribution in [0.5, 0.6) is 0 Å². The third-order valence-electron chi connectivity index (χ3n) is 3.93. The lowest BCUT2D eigenvalue weighted by molar-refractivity contribution is 0.599. The Kier molecular flexibility index (Phi) is 8.02. The van der Waals surface area contributed by atoms with Gasteiger partial charge >= 0.3 is 0 Å². The molecule has 0 bridgehead atoms. The van der Waals surface area contributed by atoms with Gasteiger partial charge in [0.2, 0.25) is 10.0 Å². The minimum Gasteiger partial charge on any atom is -0.357 e. The van der Waals surface area contributed by atoms with Crippen molar-refractivity contribution in [3.63, 3.8) is 0 Å². The number of rotatable bonds is 8. The molecule has 0 aromatic heterocycles. The average Bonchev–Trinajstić information content (AvgIpc) is 3.09. The fourth-order valence-corrected chi connectivity index (χ4v) is 4.65. The van der Waals surface area contributed by atoms with E-state index in [1.165, 1.54) is 24.7 Å². The molecular formula is C17H27FN4O2S2. The smallest absolute Gasteiger partial charge is 0.234 e. The van der Waals surface area contributed by atoms with Crippen molar-refractivity contribution in [2.75, 3.05) is 35.9 Å². The van der Waals surface area contributed by atoms with Gasteiger partial charge in [-0.05, 0) is 50.1 Å². The molecule has 0 saturated carbocycles. The van der Waals surface area contributed by atoms with Gasteiger partial charge in [-0.25, -0.2) is 12.8 Å². The fraction of sp³-hybridized carbons (Fsp3) is 0.588. The Balaban J connectivity index is 1.84. The number of aryl methyl sites for hydroxylation is 1. The van der Waals surface area contributed by atoms with Gasteiger partial charge < -0.3 is 10.6 Å². The van der Waals surface area contributed by atoms with Gasteiger partial charge in [-0.3, -0.25) is 9.71 Å². The number of halogens is 1. The molecule has 3 N–H and O–H groups in total. The van der Waals surface area contributed by atoms with E-state index in [4.69, 9.17) is 0 Å². The van der Waals surface area contributed by atoms with Crippen molar-refractivity contribution in [2.24, 2.45) is 4.99 Å². The Morgan fingerprint density at radius 1 is 1.38 bits per heavy atom. The summed E-state index contributed by atoms with van der Waals surface area (Å²) in [6.45, 7) is 5.24. The molecule has 0 spiro atoms. The first-order chi connectivity index (χ1) is 12.4. The van der Waals surface area contributed by atoms with Gasteiger partial charge in [0.05, 0.1) is 18.0 Å². The van der Waals surface area contributed by atoms with Crippen LogP contribution in [-0.4, -0.2) is 50.8 Å². The summed E-state index contributed by atoms with van der Waals surface area (Å²) in [5.74, 6) is 1.24. The van der Waals surface area contributed by atoms with Crippen molar-refractivity contribution in [2.45, 2.75) is 31.9 Å². The third kappa shape index (κ3) is 7.03. The molecule has 1 aliphatic rings.